The van der Waals surface area contributed by atoms with Crippen molar-refractivity contribution in [1.29, 1.82) is 0 Å². The molecule has 0 amide bonds. The first-order chi connectivity index (χ1) is 4.86. The van der Waals surface area contributed by atoms with Gasteiger partial charge in [-0.15, -0.1) is 0 Å². The van der Waals surface area contributed by atoms with Crippen LogP contribution in [-0.2, 0) is 0 Å². The predicted molar refractivity (Wildman–Crippen MR) is 44.8 cm³/mol. The van der Waals surface area contributed by atoms with Gasteiger partial charge in [0.15, 0.2) is 0 Å². The first-order valence-corrected chi connectivity index (χ1v) is 4.23. The summed E-state index contributed by atoms with van der Waals surface area (Å²) in [6.45, 7) is 8.50. The zero-order valence-electron chi connectivity index (χ0n) is 6.84. The van der Waals surface area contributed by atoms with Gasteiger partial charge in [-0.2, -0.15) is 0 Å². The van der Waals surface area contributed by atoms with Crippen molar-refractivity contribution in [3.8, 4) is 0 Å². The molecule has 1 aliphatic rings. The lowest BCUT2D eigenvalue weighted by atomic mass is 9.95. The summed E-state index contributed by atoms with van der Waals surface area (Å²) in [5, 5.41) is 0. The van der Waals surface area contributed by atoms with Crippen molar-refractivity contribution in [2.75, 3.05) is 13.1 Å². The van der Waals surface area contributed by atoms with Gasteiger partial charge in [-0.25, -0.2) is 0 Å². The summed E-state index contributed by atoms with van der Waals surface area (Å²) in [5.74, 6) is 0.983. The molecule has 0 N–H and O–H groups in total. The lowest BCUT2D eigenvalue weighted by Gasteiger charge is -2.30. The van der Waals surface area contributed by atoms with Crippen LogP contribution in [-0.4, -0.2) is 18.0 Å². The maximum absolute atomic E-state index is 3.76. The standard InChI is InChI=1S/C9H17N/c1-3-9-5-7-10(4-2)8-6-9/h4,9H,2-3,5-8H2,1H3. The molecule has 58 valence electrons. The smallest absolute Gasteiger partial charge is 0.0174 e. The minimum Gasteiger partial charge on any atom is -0.378 e. The van der Waals surface area contributed by atoms with Crippen LogP contribution in [0.3, 0.4) is 0 Å². The highest BCUT2D eigenvalue weighted by Crippen LogP contribution is 2.19. The minimum atomic E-state index is 0.983. The van der Waals surface area contributed by atoms with Crippen LogP contribution in [0.5, 0.6) is 0 Å². The fourth-order valence-electron chi connectivity index (χ4n) is 1.54. The third-order valence-electron chi connectivity index (χ3n) is 2.48. The first kappa shape index (κ1) is 7.64. The molecular formula is C9H17N. The third-order valence-corrected chi connectivity index (χ3v) is 2.48. The van der Waals surface area contributed by atoms with E-state index in [-0.39, 0.29) is 0 Å². The van der Waals surface area contributed by atoms with Gasteiger partial charge in [0.25, 0.3) is 0 Å². The van der Waals surface area contributed by atoms with Crippen LogP contribution in [0.15, 0.2) is 12.8 Å². The monoisotopic (exact) mass is 139 g/mol. The number of hydrogen-bond donors (Lipinski definition) is 0. The van der Waals surface area contributed by atoms with Gasteiger partial charge in [0, 0.05) is 13.1 Å². The Morgan fingerprint density at radius 2 is 2.10 bits per heavy atom. The van der Waals surface area contributed by atoms with Gasteiger partial charge < -0.3 is 4.90 Å². The summed E-state index contributed by atoms with van der Waals surface area (Å²) >= 11 is 0. The molecule has 0 aromatic carbocycles. The fraction of sp³-hybridized carbons (Fsp3) is 0.778. The van der Waals surface area contributed by atoms with Crippen molar-refractivity contribution in [2.45, 2.75) is 26.2 Å². The molecule has 1 heterocycles. The molecule has 1 aliphatic heterocycles. The highest BCUT2D eigenvalue weighted by atomic mass is 15.1. The lowest BCUT2D eigenvalue weighted by Crippen LogP contribution is -2.28. The van der Waals surface area contributed by atoms with E-state index in [4.69, 9.17) is 0 Å². The van der Waals surface area contributed by atoms with Crippen LogP contribution in [0.1, 0.15) is 26.2 Å². The highest BCUT2D eigenvalue weighted by Gasteiger charge is 2.14. The average Bonchev–Trinajstić information content (AvgIpc) is 2.05. The van der Waals surface area contributed by atoms with E-state index >= 15 is 0 Å². The van der Waals surface area contributed by atoms with E-state index in [0.29, 0.717) is 0 Å². The second-order valence-corrected chi connectivity index (χ2v) is 3.07. The van der Waals surface area contributed by atoms with Gasteiger partial charge in [-0.1, -0.05) is 19.9 Å². The maximum Gasteiger partial charge on any atom is 0.0174 e. The normalized spacial score (nSPS) is 21.1. The Morgan fingerprint density at radius 1 is 1.50 bits per heavy atom. The third kappa shape index (κ3) is 1.76. The van der Waals surface area contributed by atoms with Crippen molar-refractivity contribution in [3.63, 3.8) is 0 Å². The molecule has 0 atom stereocenters. The van der Waals surface area contributed by atoms with Gasteiger partial charge in [-0.3, -0.25) is 0 Å². The van der Waals surface area contributed by atoms with Gasteiger partial charge in [-0.05, 0) is 25.0 Å². The molecule has 1 nitrogen and oxygen atoms in total. The molecule has 0 aliphatic carbocycles. The van der Waals surface area contributed by atoms with E-state index in [1.54, 1.807) is 0 Å². The Hall–Kier alpha value is -0.460. The zero-order chi connectivity index (χ0) is 7.40. The Balaban J connectivity index is 2.23. The first-order valence-electron chi connectivity index (χ1n) is 4.23. The quantitative estimate of drug-likeness (QED) is 0.567. The van der Waals surface area contributed by atoms with Gasteiger partial charge in [0.1, 0.15) is 0 Å². The van der Waals surface area contributed by atoms with Crippen molar-refractivity contribution in [1.82, 2.24) is 4.90 Å². The molecule has 0 spiro atoms. The number of piperidine rings is 1. The van der Waals surface area contributed by atoms with E-state index in [1.165, 1.54) is 32.4 Å². The van der Waals surface area contributed by atoms with Gasteiger partial charge in [0.05, 0.1) is 0 Å². The van der Waals surface area contributed by atoms with Gasteiger partial charge in [0.2, 0.25) is 0 Å². The van der Waals surface area contributed by atoms with E-state index in [1.807, 2.05) is 6.20 Å². The summed E-state index contributed by atoms with van der Waals surface area (Å²) in [6.07, 6.45) is 6.04. The Bertz CT molecular complexity index is 101. The van der Waals surface area contributed by atoms with Crippen molar-refractivity contribution in [3.05, 3.63) is 12.8 Å². The molecule has 10 heavy (non-hydrogen) atoms. The molecule has 1 heteroatoms. The second-order valence-electron chi connectivity index (χ2n) is 3.07. The number of nitrogens with zero attached hydrogens (tertiary/aromatic N) is 1. The number of hydrogen-bond acceptors (Lipinski definition) is 1. The summed E-state index contributed by atoms with van der Waals surface area (Å²) in [7, 11) is 0. The lowest BCUT2D eigenvalue weighted by molar-refractivity contribution is 0.239. The molecule has 0 radical (unpaired) electrons. The molecule has 0 unspecified atom stereocenters. The molecular weight excluding hydrogens is 122 g/mol. The molecule has 0 aromatic rings. The minimum absolute atomic E-state index is 0.983. The number of likely N-dealkylation sites (tertiary alicyclic amines) is 1. The SMILES string of the molecule is C=CN1CCC(CC)CC1. The molecule has 1 rings (SSSR count). The zero-order valence-corrected chi connectivity index (χ0v) is 6.84. The number of rotatable bonds is 2. The molecule has 1 fully saturated rings. The largest absolute Gasteiger partial charge is 0.378 e. The average molecular weight is 139 g/mol. The van der Waals surface area contributed by atoms with Gasteiger partial charge >= 0.3 is 0 Å². The van der Waals surface area contributed by atoms with E-state index in [2.05, 4.69) is 18.4 Å². The summed E-state index contributed by atoms with van der Waals surface area (Å²) in [6, 6.07) is 0. The van der Waals surface area contributed by atoms with E-state index in [9.17, 15) is 0 Å². The second kappa shape index (κ2) is 3.65. The summed E-state index contributed by atoms with van der Waals surface area (Å²) < 4.78 is 0. The van der Waals surface area contributed by atoms with E-state index < -0.39 is 0 Å². The fourth-order valence-corrected chi connectivity index (χ4v) is 1.54. The van der Waals surface area contributed by atoms with Crippen molar-refractivity contribution >= 4 is 0 Å². The Labute approximate surface area is 63.7 Å². The topological polar surface area (TPSA) is 3.24 Å². The summed E-state index contributed by atoms with van der Waals surface area (Å²) in [4.78, 5) is 2.31. The van der Waals surface area contributed by atoms with Crippen LogP contribution >= 0.6 is 0 Å². The van der Waals surface area contributed by atoms with Crippen LogP contribution in [0.4, 0.5) is 0 Å². The van der Waals surface area contributed by atoms with Crippen molar-refractivity contribution in [2.24, 2.45) is 5.92 Å². The molecule has 0 aromatic heterocycles. The highest BCUT2D eigenvalue weighted by molar-refractivity contribution is 4.77. The summed E-state index contributed by atoms with van der Waals surface area (Å²) in [5.41, 5.74) is 0. The van der Waals surface area contributed by atoms with Crippen LogP contribution in [0.2, 0.25) is 0 Å². The molecule has 0 saturated carbocycles. The molecule has 0 bridgehead atoms. The Kier molecular flexibility index (Phi) is 2.79. The maximum atomic E-state index is 3.76. The van der Waals surface area contributed by atoms with E-state index in [0.717, 1.165) is 5.92 Å². The predicted octanol–water partition coefficient (Wildman–Crippen LogP) is 2.25. The van der Waals surface area contributed by atoms with Crippen LogP contribution in [0.25, 0.3) is 0 Å². The van der Waals surface area contributed by atoms with Crippen LogP contribution < -0.4 is 0 Å². The Morgan fingerprint density at radius 3 is 2.50 bits per heavy atom. The van der Waals surface area contributed by atoms with Crippen molar-refractivity contribution < 1.29 is 0 Å². The van der Waals surface area contributed by atoms with Crippen LogP contribution in [0, 0.1) is 5.92 Å². The molecule has 1 saturated heterocycles.